The highest BCUT2D eigenvalue weighted by atomic mass is 35.5. The number of piperazine rings is 1. The minimum atomic E-state index is -5.61. The molecule has 0 radical (unpaired) electrons. The summed E-state index contributed by atoms with van der Waals surface area (Å²) < 4.78 is 88.3. The maximum absolute atomic E-state index is 13.8. The van der Waals surface area contributed by atoms with Crippen molar-refractivity contribution in [2.75, 3.05) is 57.3 Å². The molecule has 0 bridgehead atoms. The van der Waals surface area contributed by atoms with Gasteiger partial charge in [0.15, 0.2) is 5.92 Å². The number of halogens is 7. The van der Waals surface area contributed by atoms with E-state index in [0.29, 0.717) is 46.1 Å². The molecular formula is C30H41ClF6N4O4. The van der Waals surface area contributed by atoms with E-state index in [0.717, 1.165) is 37.3 Å². The number of carboxylic acid groups (broad SMARTS) is 1. The molecule has 1 amide bonds. The molecule has 3 aliphatic heterocycles. The molecule has 254 valence electrons. The minimum absolute atomic E-state index is 0.213. The average molecular weight is 671 g/mol. The van der Waals surface area contributed by atoms with E-state index in [9.17, 15) is 41.0 Å². The fourth-order valence-corrected chi connectivity index (χ4v) is 7.07. The van der Waals surface area contributed by atoms with Gasteiger partial charge in [0.25, 0.3) is 0 Å². The Balaban J connectivity index is 1.45. The summed E-state index contributed by atoms with van der Waals surface area (Å²) in [6.45, 7) is 6.93. The van der Waals surface area contributed by atoms with Crippen LogP contribution in [0.15, 0.2) is 18.2 Å². The van der Waals surface area contributed by atoms with Crippen LogP contribution in [0.25, 0.3) is 0 Å². The third kappa shape index (κ3) is 9.31. The Morgan fingerprint density at radius 3 is 2.13 bits per heavy atom. The van der Waals surface area contributed by atoms with E-state index >= 15 is 0 Å². The predicted octanol–water partition coefficient (Wildman–Crippen LogP) is 6.13. The van der Waals surface area contributed by atoms with Crippen LogP contribution in [0.2, 0.25) is 5.02 Å². The molecule has 0 aromatic heterocycles. The number of hydrogen-bond donors (Lipinski definition) is 1. The van der Waals surface area contributed by atoms with Gasteiger partial charge < -0.3 is 19.6 Å². The van der Waals surface area contributed by atoms with E-state index in [1.54, 1.807) is 18.2 Å². The van der Waals surface area contributed by atoms with Gasteiger partial charge in [-0.15, -0.1) is 0 Å². The maximum Gasteiger partial charge on any atom is 0.407 e. The molecule has 3 saturated heterocycles. The second-order valence-corrected chi connectivity index (χ2v) is 13.7. The average Bonchev–Trinajstić information content (AvgIpc) is 3.36. The zero-order valence-electron chi connectivity index (χ0n) is 25.6. The van der Waals surface area contributed by atoms with E-state index in [2.05, 4.69) is 9.80 Å². The van der Waals surface area contributed by atoms with Gasteiger partial charge in [-0.25, -0.2) is 4.79 Å². The lowest BCUT2D eigenvalue weighted by Gasteiger charge is -2.45. The van der Waals surface area contributed by atoms with Crippen molar-refractivity contribution >= 4 is 29.4 Å². The van der Waals surface area contributed by atoms with Crippen LogP contribution in [0.5, 0.6) is 0 Å². The molecule has 45 heavy (non-hydrogen) atoms. The number of anilines is 1. The van der Waals surface area contributed by atoms with E-state index < -0.39 is 42.6 Å². The summed E-state index contributed by atoms with van der Waals surface area (Å²) in [6.07, 6.45) is -10.2. The molecule has 1 aromatic rings. The van der Waals surface area contributed by atoms with Gasteiger partial charge in [-0.05, 0) is 76.1 Å². The number of carbonyl (C=O) groups excluding carboxylic acids is 1. The van der Waals surface area contributed by atoms with E-state index in [1.807, 2.05) is 20.8 Å². The summed E-state index contributed by atoms with van der Waals surface area (Å²) in [6, 6.07) is 2.71. The zero-order chi connectivity index (χ0) is 33.3. The summed E-state index contributed by atoms with van der Waals surface area (Å²) in [5.41, 5.74) is 0.627. The van der Waals surface area contributed by atoms with Gasteiger partial charge >= 0.3 is 24.4 Å². The van der Waals surface area contributed by atoms with Crippen LogP contribution in [0.4, 0.5) is 36.8 Å². The number of piperidine rings is 1. The molecule has 8 nitrogen and oxygen atoms in total. The van der Waals surface area contributed by atoms with Crippen molar-refractivity contribution in [3.8, 4) is 0 Å². The topological polar surface area (TPSA) is 76.6 Å². The van der Waals surface area contributed by atoms with Gasteiger partial charge in [0.05, 0.1) is 6.54 Å². The van der Waals surface area contributed by atoms with Gasteiger partial charge in [-0.3, -0.25) is 14.6 Å². The third-order valence-electron chi connectivity index (χ3n) is 8.94. The molecule has 0 aliphatic carbocycles. The predicted molar refractivity (Wildman–Crippen MR) is 156 cm³/mol. The number of nitrogens with zero attached hydrogens (tertiary/aromatic N) is 4. The fraction of sp³-hybridized carbons (Fsp3) is 0.733. The van der Waals surface area contributed by atoms with Crippen LogP contribution in [0, 0.1) is 17.8 Å². The Labute approximate surface area is 264 Å². The Bertz CT molecular complexity index is 1190. The molecule has 0 spiro atoms. The number of carbonyl (C=O) groups is 2. The van der Waals surface area contributed by atoms with Crippen LogP contribution in [-0.4, -0.2) is 108 Å². The lowest BCUT2D eigenvalue weighted by Crippen LogP contribution is -2.62. The molecule has 15 heteroatoms. The largest absolute Gasteiger partial charge is 0.465 e. The smallest absolute Gasteiger partial charge is 0.407 e. The second-order valence-electron chi connectivity index (χ2n) is 13.3. The molecule has 3 aliphatic rings. The normalized spacial score (nSPS) is 23.2. The van der Waals surface area contributed by atoms with Crippen molar-refractivity contribution in [1.29, 1.82) is 0 Å². The van der Waals surface area contributed by atoms with E-state index in [-0.39, 0.29) is 32.1 Å². The highest BCUT2D eigenvalue weighted by Crippen LogP contribution is 2.44. The summed E-state index contributed by atoms with van der Waals surface area (Å²) >= 11 is 6.31. The highest BCUT2D eigenvalue weighted by molar-refractivity contribution is 6.30. The van der Waals surface area contributed by atoms with Crippen LogP contribution in [-0.2, 0) is 16.1 Å². The SMILES string of the molecule is CC(C)(C)OC(=O)CN1CCC(C2CCN(c3cc(Cl)ccc3CN3CCN(C(=O)O)CC3C(C(F)(F)F)C(F)(F)F)CC2)C1. The Morgan fingerprint density at radius 2 is 1.56 bits per heavy atom. The lowest BCUT2D eigenvalue weighted by molar-refractivity contribution is -0.302. The molecule has 1 N–H and O–H groups in total. The number of hydrogen-bond acceptors (Lipinski definition) is 6. The Hall–Kier alpha value is -2.45. The van der Waals surface area contributed by atoms with Crippen molar-refractivity contribution < 1.29 is 45.8 Å². The van der Waals surface area contributed by atoms with Gasteiger partial charge in [0.1, 0.15) is 5.60 Å². The minimum Gasteiger partial charge on any atom is -0.465 e. The quantitative estimate of drug-likeness (QED) is 0.277. The zero-order valence-corrected chi connectivity index (χ0v) is 26.4. The van der Waals surface area contributed by atoms with Gasteiger partial charge in [0, 0.05) is 62.6 Å². The third-order valence-corrected chi connectivity index (χ3v) is 9.18. The fourth-order valence-electron chi connectivity index (χ4n) is 6.90. The monoisotopic (exact) mass is 670 g/mol. The lowest BCUT2D eigenvalue weighted by atomic mass is 9.83. The number of amides is 1. The van der Waals surface area contributed by atoms with Crippen molar-refractivity contribution in [2.24, 2.45) is 17.8 Å². The number of likely N-dealkylation sites (tertiary alicyclic amines) is 1. The number of benzene rings is 1. The standard InChI is InChI=1S/C30H41ClF6N4O4/c1-28(2,3)45-25(42)18-38-9-6-20(15-38)19-7-10-39(11-8-19)23-14-22(31)5-4-21(23)16-40-12-13-41(27(43)44)17-24(40)26(29(32,33)34)30(35,36)37/h4-5,14,19-20,24,26H,6-13,15-18H2,1-3H3,(H,43,44). The summed E-state index contributed by atoms with van der Waals surface area (Å²) in [7, 11) is 0. The Kier molecular flexibility index (Phi) is 10.8. The number of alkyl halides is 6. The number of rotatable bonds is 7. The maximum atomic E-state index is 13.8. The van der Waals surface area contributed by atoms with Gasteiger partial charge in [-0.2, -0.15) is 26.3 Å². The van der Waals surface area contributed by atoms with E-state index in [4.69, 9.17) is 16.3 Å². The number of esters is 1. The Morgan fingerprint density at radius 1 is 0.933 bits per heavy atom. The van der Waals surface area contributed by atoms with Crippen LogP contribution in [0.3, 0.4) is 0 Å². The van der Waals surface area contributed by atoms with Crippen LogP contribution < -0.4 is 4.90 Å². The van der Waals surface area contributed by atoms with Crippen LogP contribution in [0.1, 0.15) is 45.6 Å². The van der Waals surface area contributed by atoms with Crippen LogP contribution >= 0.6 is 11.6 Å². The van der Waals surface area contributed by atoms with Gasteiger partial charge in [-0.1, -0.05) is 17.7 Å². The van der Waals surface area contributed by atoms with Crippen molar-refractivity contribution in [3.05, 3.63) is 28.8 Å². The van der Waals surface area contributed by atoms with Crippen molar-refractivity contribution in [3.63, 3.8) is 0 Å². The van der Waals surface area contributed by atoms with E-state index in [1.165, 1.54) is 0 Å². The first kappa shape index (κ1) is 35.4. The molecule has 1 aromatic carbocycles. The molecular weight excluding hydrogens is 630 g/mol. The van der Waals surface area contributed by atoms with Crippen molar-refractivity contribution in [2.45, 2.75) is 70.6 Å². The molecule has 3 heterocycles. The molecule has 0 saturated carbocycles. The first-order valence-corrected chi connectivity index (χ1v) is 15.5. The first-order chi connectivity index (χ1) is 20.8. The summed E-state index contributed by atoms with van der Waals surface area (Å²) in [4.78, 5) is 29.7. The molecule has 2 atom stereocenters. The second kappa shape index (κ2) is 13.7. The molecule has 2 unspecified atom stereocenters. The van der Waals surface area contributed by atoms with Gasteiger partial charge in [0.2, 0.25) is 0 Å². The molecule has 4 rings (SSSR count). The highest BCUT2D eigenvalue weighted by Gasteiger charge is 2.62. The first-order valence-electron chi connectivity index (χ1n) is 15.1. The summed E-state index contributed by atoms with van der Waals surface area (Å²) in [5.74, 6) is -3.16. The van der Waals surface area contributed by atoms with Crippen molar-refractivity contribution in [1.82, 2.24) is 14.7 Å². The summed E-state index contributed by atoms with van der Waals surface area (Å²) in [5, 5.41) is 9.75. The number of ether oxygens (including phenoxy) is 1. The molecule has 3 fully saturated rings.